The molecule has 0 saturated heterocycles. The largest absolute Gasteiger partial charge is 0.388 e. The molecule has 110 valence electrons. The summed E-state index contributed by atoms with van der Waals surface area (Å²) in [5.74, 6) is 0. The Bertz CT molecular complexity index is 867. The summed E-state index contributed by atoms with van der Waals surface area (Å²) < 4.78 is 5.89. The number of hydrogen-bond acceptors (Lipinski definition) is 2. The molecule has 1 aliphatic heterocycles. The van der Waals surface area contributed by atoms with Gasteiger partial charge in [0.1, 0.15) is 0 Å². The average molecular weight is 289 g/mol. The predicted molar refractivity (Wildman–Crippen MR) is 92.2 cm³/mol. The molecule has 3 aromatic rings. The van der Waals surface area contributed by atoms with Crippen LogP contribution < -0.4 is 5.32 Å². The Morgan fingerprint density at radius 3 is 2.45 bits per heavy atom. The van der Waals surface area contributed by atoms with Gasteiger partial charge in [-0.25, -0.2) is 0 Å². The van der Waals surface area contributed by atoms with Crippen molar-refractivity contribution < 1.29 is 4.74 Å². The molecule has 0 amide bonds. The molecule has 0 aliphatic carbocycles. The lowest BCUT2D eigenvalue weighted by molar-refractivity contribution is 0.110. The molecule has 1 heterocycles. The van der Waals surface area contributed by atoms with E-state index in [0.29, 0.717) is 13.2 Å². The monoisotopic (exact) mass is 289 g/mol. The first kappa shape index (κ1) is 13.4. The normalized spacial score (nSPS) is 13.4. The standard InChI is InChI=1S/C20H19NO/c1-13-3-6-19-16(7-13)11-22-12-17-8-15-9-18(21-2)5-4-14(15)10-20(17)19/h3-10,21H,11-12H2,1-2H3. The van der Waals surface area contributed by atoms with Crippen LogP contribution in [0.25, 0.3) is 21.9 Å². The summed E-state index contributed by atoms with van der Waals surface area (Å²) in [6, 6.07) is 17.7. The molecule has 1 N–H and O–H groups in total. The van der Waals surface area contributed by atoms with E-state index in [4.69, 9.17) is 4.74 Å². The van der Waals surface area contributed by atoms with Crippen LogP contribution in [0.1, 0.15) is 16.7 Å². The van der Waals surface area contributed by atoms with Gasteiger partial charge >= 0.3 is 0 Å². The molecule has 0 radical (unpaired) electrons. The van der Waals surface area contributed by atoms with Crippen LogP contribution in [0.5, 0.6) is 0 Å². The molecule has 0 spiro atoms. The summed E-state index contributed by atoms with van der Waals surface area (Å²) >= 11 is 0. The first-order chi connectivity index (χ1) is 10.7. The number of fused-ring (bicyclic) bond motifs is 4. The van der Waals surface area contributed by atoms with E-state index in [-0.39, 0.29) is 0 Å². The molecule has 0 atom stereocenters. The number of anilines is 1. The first-order valence-corrected chi connectivity index (χ1v) is 7.67. The third-order valence-corrected chi connectivity index (χ3v) is 4.42. The van der Waals surface area contributed by atoms with Crippen LogP contribution >= 0.6 is 0 Å². The van der Waals surface area contributed by atoms with E-state index < -0.39 is 0 Å². The van der Waals surface area contributed by atoms with Gasteiger partial charge in [-0.15, -0.1) is 0 Å². The van der Waals surface area contributed by atoms with Crippen molar-refractivity contribution in [2.75, 3.05) is 12.4 Å². The van der Waals surface area contributed by atoms with Crippen molar-refractivity contribution >= 4 is 16.5 Å². The van der Waals surface area contributed by atoms with Crippen molar-refractivity contribution in [2.24, 2.45) is 0 Å². The van der Waals surface area contributed by atoms with Crippen molar-refractivity contribution in [3.63, 3.8) is 0 Å². The minimum Gasteiger partial charge on any atom is -0.388 e. The van der Waals surface area contributed by atoms with E-state index in [0.717, 1.165) is 5.69 Å². The molecule has 0 bridgehead atoms. The molecule has 0 aromatic heterocycles. The molecule has 1 aliphatic rings. The zero-order chi connectivity index (χ0) is 15.1. The quantitative estimate of drug-likeness (QED) is 0.689. The van der Waals surface area contributed by atoms with Gasteiger partial charge in [-0.3, -0.25) is 0 Å². The van der Waals surface area contributed by atoms with Crippen LogP contribution in [0, 0.1) is 6.92 Å². The fraction of sp³-hybridized carbons (Fsp3) is 0.200. The lowest BCUT2D eigenvalue weighted by atomic mass is 9.93. The van der Waals surface area contributed by atoms with Crippen LogP contribution in [0.4, 0.5) is 5.69 Å². The van der Waals surface area contributed by atoms with E-state index >= 15 is 0 Å². The smallest absolute Gasteiger partial charge is 0.0727 e. The molecule has 0 fully saturated rings. The highest BCUT2D eigenvalue weighted by atomic mass is 16.5. The van der Waals surface area contributed by atoms with Crippen LogP contribution in [0.15, 0.2) is 48.5 Å². The third kappa shape index (κ3) is 2.16. The second-order valence-electron chi connectivity index (χ2n) is 5.97. The predicted octanol–water partition coefficient (Wildman–Crippen LogP) is 4.89. The molecular weight excluding hydrogens is 270 g/mol. The zero-order valence-corrected chi connectivity index (χ0v) is 12.9. The van der Waals surface area contributed by atoms with E-state index in [9.17, 15) is 0 Å². The van der Waals surface area contributed by atoms with Crippen molar-refractivity contribution in [2.45, 2.75) is 20.1 Å². The second kappa shape index (κ2) is 5.15. The number of nitrogens with one attached hydrogen (secondary N) is 1. The number of hydrogen-bond donors (Lipinski definition) is 1. The lowest BCUT2D eigenvalue weighted by Gasteiger charge is -2.12. The molecule has 0 saturated carbocycles. The zero-order valence-electron chi connectivity index (χ0n) is 12.9. The Hall–Kier alpha value is -2.32. The van der Waals surface area contributed by atoms with Crippen molar-refractivity contribution in [1.82, 2.24) is 0 Å². The third-order valence-electron chi connectivity index (χ3n) is 4.42. The topological polar surface area (TPSA) is 21.3 Å². The van der Waals surface area contributed by atoms with E-state index in [1.54, 1.807) is 0 Å². The Balaban J connectivity index is 1.97. The van der Waals surface area contributed by atoms with Gasteiger partial charge in [0, 0.05) is 12.7 Å². The highest BCUT2D eigenvalue weighted by molar-refractivity contribution is 5.91. The van der Waals surface area contributed by atoms with Crippen LogP contribution in [0.3, 0.4) is 0 Å². The fourth-order valence-corrected chi connectivity index (χ4v) is 3.25. The molecule has 0 unspecified atom stereocenters. The summed E-state index contributed by atoms with van der Waals surface area (Å²) in [6.07, 6.45) is 0. The molecule has 2 heteroatoms. The average Bonchev–Trinajstić information content (AvgIpc) is 2.70. The van der Waals surface area contributed by atoms with E-state index in [1.165, 1.54) is 38.6 Å². The Morgan fingerprint density at radius 2 is 1.64 bits per heavy atom. The van der Waals surface area contributed by atoms with Gasteiger partial charge in [-0.2, -0.15) is 0 Å². The van der Waals surface area contributed by atoms with Crippen molar-refractivity contribution in [3.8, 4) is 11.1 Å². The maximum absolute atomic E-state index is 5.89. The van der Waals surface area contributed by atoms with Gasteiger partial charge in [-0.1, -0.05) is 29.8 Å². The number of aryl methyl sites for hydroxylation is 1. The summed E-state index contributed by atoms with van der Waals surface area (Å²) in [5, 5.41) is 5.73. The van der Waals surface area contributed by atoms with Crippen LogP contribution in [-0.4, -0.2) is 7.05 Å². The summed E-state index contributed by atoms with van der Waals surface area (Å²) in [5.41, 5.74) is 7.58. The first-order valence-electron chi connectivity index (χ1n) is 7.67. The Morgan fingerprint density at radius 1 is 0.818 bits per heavy atom. The van der Waals surface area contributed by atoms with E-state index in [2.05, 4.69) is 60.8 Å². The fourth-order valence-electron chi connectivity index (χ4n) is 3.25. The number of benzene rings is 3. The van der Waals surface area contributed by atoms with Crippen LogP contribution in [-0.2, 0) is 18.0 Å². The highest BCUT2D eigenvalue weighted by Crippen LogP contribution is 2.35. The minimum absolute atomic E-state index is 0.669. The highest BCUT2D eigenvalue weighted by Gasteiger charge is 2.15. The van der Waals surface area contributed by atoms with Gasteiger partial charge < -0.3 is 10.1 Å². The number of ether oxygens (including phenoxy) is 1. The molecule has 3 aromatic carbocycles. The van der Waals surface area contributed by atoms with Crippen LogP contribution in [0.2, 0.25) is 0 Å². The molecule has 2 nitrogen and oxygen atoms in total. The maximum atomic E-state index is 5.89. The van der Waals surface area contributed by atoms with Gasteiger partial charge in [0.15, 0.2) is 0 Å². The van der Waals surface area contributed by atoms with Gasteiger partial charge in [-0.05, 0) is 64.2 Å². The van der Waals surface area contributed by atoms with Gasteiger partial charge in [0.05, 0.1) is 13.2 Å². The second-order valence-corrected chi connectivity index (χ2v) is 5.97. The number of rotatable bonds is 1. The Labute approximate surface area is 130 Å². The SMILES string of the molecule is CNc1ccc2cc3c(cc2c1)COCc1cc(C)ccc1-3. The molecular formula is C20H19NO. The van der Waals surface area contributed by atoms with Crippen molar-refractivity contribution in [3.05, 3.63) is 65.2 Å². The summed E-state index contributed by atoms with van der Waals surface area (Å²) in [7, 11) is 1.95. The molecule has 4 rings (SSSR count). The van der Waals surface area contributed by atoms with Crippen molar-refractivity contribution in [1.29, 1.82) is 0 Å². The lowest BCUT2D eigenvalue weighted by Crippen LogP contribution is -1.92. The van der Waals surface area contributed by atoms with Gasteiger partial charge in [0.25, 0.3) is 0 Å². The Kier molecular flexibility index (Phi) is 3.12. The van der Waals surface area contributed by atoms with E-state index in [1.807, 2.05) is 7.05 Å². The molecule has 22 heavy (non-hydrogen) atoms. The van der Waals surface area contributed by atoms with Gasteiger partial charge in [0.2, 0.25) is 0 Å². The summed E-state index contributed by atoms with van der Waals surface area (Å²) in [4.78, 5) is 0. The maximum Gasteiger partial charge on any atom is 0.0727 e. The minimum atomic E-state index is 0.669. The summed E-state index contributed by atoms with van der Waals surface area (Å²) in [6.45, 7) is 3.48.